The number of pyridine rings is 1. The van der Waals surface area contributed by atoms with E-state index in [1.165, 1.54) is 11.8 Å². The van der Waals surface area contributed by atoms with E-state index in [1.807, 2.05) is 37.2 Å². The van der Waals surface area contributed by atoms with E-state index < -0.39 is 0 Å². The summed E-state index contributed by atoms with van der Waals surface area (Å²) in [5, 5.41) is 7.61. The van der Waals surface area contributed by atoms with Crippen LogP contribution in [0.2, 0.25) is 0 Å². The zero-order valence-electron chi connectivity index (χ0n) is 14.5. The molecule has 2 heterocycles. The van der Waals surface area contributed by atoms with Crippen LogP contribution >= 0.6 is 11.8 Å². The number of hydrogen-bond acceptors (Lipinski definition) is 5. The van der Waals surface area contributed by atoms with E-state index in [9.17, 15) is 4.79 Å². The number of carbonyl (C=O) groups is 1. The second-order valence-corrected chi connectivity index (χ2v) is 6.60. The van der Waals surface area contributed by atoms with Crippen molar-refractivity contribution >= 4 is 17.7 Å². The Morgan fingerprint density at radius 3 is 2.88 bits per heavy atom. The average Bonchev–Trinajstić information content (AvgIpc) is 3.09. The quantitative estimate of drug-likeness (QED) is 0.705. The number of carbonyl (C=O) groups excluding carboxylic acids is 1. The fourth-order valence-electron chi connectivity index (χ4n) is 2.46. The Morgan fingerprint density at radius 1 is 1.42 bits per heavy atom. The normalized spacial score (nSPS) is 12.1. The van der Waals surface area contributed by atoms with Gasteiger partial charge in [-0.1, -0.05) is 44.5 Å². The lowest BCUT2D eigenvalue weighted by Gasteiger charge is -2.28. The molecule has 130 valence electrons. The van der Waals surface area contributed by atoms with E-state index >= 15 is 0 Å². The maximum Gasteiger partial charge on any atom is 0.233 e. The van der Waals surface area contributed by atoms with Crippen molar-refractivity contribution in [2.45, 2.75) is 50.7 Å². The van der Waals surface area contributed by atoms with Crippen LogP contribution in [-0.4, -0.2) is 43.8 Å². The summed E-state index contributed by atoms with van der Waals surface area (Å²) in [5.41, 5.74) is 1.08. The maximum atomic E-state index is 12.6. The maximum absolute atomic E-state index is 12.6. The Balaban J connectivity index is 1.99. The number of unbranched alkanes of at least 4 members (excludes halogenated alkanes) is 1. The van der Waals surface area contributed by atoms with E-state index in [-0.39, 0.29) is 11.9 Å². The molecule has 24 heavy (non-hydrogen) atoms. The third-order valence-corrected chi connectivity index (χ3v) is 4.76. The number of amides is 1. The summed E-state index contributed by atoms with van der Waals surface area (Å²) >= 11 is 1.37. The first-order chi connectivity index (χ1) is 11.7. The molecule has 0 aromatic carbocycles. The third kappa shape index (κ3) is 5.06. The summed E-state index contributed by atoms with van der Waals surface area (Å²) in [6, 6.07) is 4.01. The second-order valence-electron chi connectivity index (χ2n) is 5.66. The van der Waals surface area contributed by atoms with Gasteiger partial charge in [-0.15, -0.1) is 5.10 Å². The number of nitrogens with one attached hydrogen (secondary N) is 1. The molecule has 1 N–H and O–H groups in total. The molecule has 0 fully saturated rings. The van der Waals surface area contributed by atoms with Crippen LogP contribution in [0.3, 0.4) is 0 Å². The molecule has 6 nitrogen and oxygen atoms in total. The number of thioether (sulfide) groups is 1. The summed E-state index contributed by atoms with van der Waals surface area (Å²) in [6.45, 7) is 4.17. The van der Waals surface area contributed by atoms with Crippen molar-refractivity contribution in [2.24, 2.45) is 0 Å². The number of nitrogens with zero attached hydrogens (tertiary/aromatic N) is 4. The minimum absolute atomic E-state index is 0.0603. The van der Waals surface area contributed by atoms with Gasteiger partial charge in [-0.2, -0.15) is 0 Å². The molecule has 0 aliphatic rings. The van der Waals surface area contributed by atoms with Crippen LogP contribution in [0.4, 0.5) is 0 Å². The smallest absolute Gasteiger partial charge is 0.233 e. The lowest BCUT2D eigenvalue weighted by Crippen LogP contribution is -2.32. The number of aromatic amines is 1. The van der Waals surface area contributed by atoms with Crippen LogP contribution in [0.25, 0.3) is 0 Å². The molecule has 0 bridgehead atoms. The monoisotopic (exact) mass is 347 g/mol. The highest BCUT2D eigenvalue weighted by molar-refractivity contribution is 7.99. The molecule has 0 unspecified atom stereocenters. The number of aromatic nitrogens is 4. The second kappa shape index (κ2) is 9.42. The molecule has 7 heteroatoms. The summed E-state index contributed by atoms with van der Waals surface area (Å²) in [7, 11) is 1.87. The summed E-state index contributed by atoms with van der Waals surface area (Å²) in [6.07, 6.45) is 7.53. The Kier molecular flexibility index (Phi) is 7.24. The zero-order chi connectivity index (χ0) is 17.4. The van der Waals surface area contributed by atoms with Crippen LogP contribution in [0.5, 0.6) is 0 Å². The molecule has 0 aliphatic heterocycles. The van der Waals surface area contributed by atoms with Crippen molar-refractivity contribution in [1.29, 1.82) is 0 Å². The van der Waals surface area contributed by atoms with Gasteiger partial charge in [0.25, 0.3) is 0 Å². The van der Waals surface area contributed by atoms with Crippen molar-refractivity contribution in [3.63, 3.8) is 0 Å². The number of hydrogen-bond donors (Lipinski definition) is 1. The molecule has 2 aromatic rings. The van der Waals surface area contributed by atoms with E-state index in [4.69, 9.17) is 0 Å². The standard InChI is InChI=1S/C17H25N5OS/c1-4-6-9-14(13-8-7-10-18-11-13)22(3)16(23)12-24-17-19-15(5-2)20-21-17/h7-8,10-11,14H,4-6,9,12H2,1-3H3,(H,19,20,21)/t14-/m1/s1. The molecule has 1 atom stereocenters. The van der Waals surface area contributed by atoms with Crippen molar-refractivity contribution < 1.29 is 4.79 Å². The largest absolute Gasteiger partial charge is 0.338 e. The number of rotatable bonds is 9. The SMILES string of the molecule is CCCC[C@H](c1cccnc1)N(C)C(=O)CSc1n[nH]c(CC)n1. The van der Waals surface area contributed by atoms with E-state index in [0.29, 0.717) is 10.9 Å². The predicted octanol–water partition coefficient (Wildman–Crippen LogP) is 3.24. The van der Waals surface area contributed by atoms with Crippen LogP contribution < -0.4 is 0 Å². The van der Waals surface area contributed by atoms with Crippen molar-refractivity contribution in [3.05, 3.63) is 35.9 Å². The number of H-pyrrole nitrogens is 1. The van der Waals surface area contributed by atoms with Crippen LogP contribution in [0.1, 0.15) is 50.5 Å². The van der Waals surface area contributed by atoms with Crippen LogP contribution in [-0.2, 0) is 11.2 Å². The average molecular weight is 347 g/mol. The fraction of sp³-hybridized carbons (Fsp3) is 0.529. The highest BCUT2D eigenvalue weighted by Crippen LogP contribution is 2.26. The van der Waals surface area contributed by atoms with Gasteiger partial charge in [0.1, 0.15) is 5.82 Å². The predicted molar refractivity (Wildman–Crippen MR) is 95.8 cm³/mol. The Hall–Kier alpha value is -1.89. The topological polar surface area (TPSA) is 74.8 Å². The van der Waals surface area contributed by atoms with Crippen LogP contribution in [0.15, 0.2) is 29.7 Å². The summed E-state index contributed by atoms with van der Waals surface area (Å²) in [5.74, 6) is 1.25. The number of aryl methyl sites for hydroxylation is 1. The summed E-state index contributed by atoms with van der Waals surface area (Å²) < 4.78 is 0. The van der Waals surface area contributed by atoms with E-state index in [2.05, 4.69) is 27.1 Å². The molecule has 2 rings (SSSR count). The van der Waals surface area contributed by atoms with Gasteiger partial charge in [-0.3, -0.25) is 14.9 Å². The molecule has 0 spiro atoms. The van der Waals surface area contributed by atoms with Gasteiger partial charge in [-0.05, 0) is 18.1 Å². The highest BCUT2D eigenvalue weighted by Gasteiger charge is 2.22. The molecule has 1 amide bonds. The molecule has 0 aliphatic carbocycles. The van der Waals surface area contributed by atoms with E-state index in [1.54, 1.807) is 6.20 Å². The first kappa shape index (κ1) is 18.4. The van der Waals surface area contributed by atoms with Crippen molar-refractivity contribution in [2.75, 3.05) is 12.8 Å². The van der Waals surface area contributed by atoms with Gasteiger partial charge < -0.3 is 4.90 Å². The fourth-order valence-corrected chi connectivity index (χ4v) is 3.20. The van der Waals surface area contributed by atoms with Crippen molar-refractivity contribution in [3.8, 4) is 0 Å². The zero-order valence-corrected chi connectivity index (χ0v) is 15.3. The lowest BCUT2D eigenvalue weighted by atomic mass is 10.0. The van der Waals surface area contributed by atoms with Gasteiger partial charge >= 0.3 is 0 Å². The van der Waals surface area contributed by atoms with Gasteiger partial charge in [0.15, 0.2) is 0 Å². The molecular formula is C17H25N5OS. The van der Waals surface area contributed by atoms with E-state index in [0.717, 1.165) is 37.1 Å². The molecule has 0 saturated carbocycles. The molecule has 2 aromatic heterocycles. The Labute approximate surface area is 147 Å². The highest BCUT2D eigenvalue weighted by atomic mass is 32.2. The third-order valence-electron chi connectivity index (χ3n) is 3.93. The first-order valence-electron chi connectivity index (χ1n) is 8.35. The Bertz CT molecular complexity index is 631. The van der Waals surface area contributed by atoms with Gasteiger partial charge in [0, 0.05) is 25.9 Å². The lowest BCUT2D eigenvalue weighted by molar-refractivity contribution is -0.129. The minimum atomic E-state index is 0.0603. The van der Waals surface area contributed by atoms with Gasteiger partial charge in [0.2, 0.25) is 11.1 Å². The molecule has 0 saturated heterocycles. The summed E-state index contributed by atoms with van der Waals surface area (Å²) in [4.78, 5) is 22.9. The van der Waals surface area contributed by atoms with Gasteiger partial charge in [-0.25, -0.2) is 4.98 Å². The van der Waals surface area contributed by atoms with Crippen molar-refractivity contribution in [1.82, 2.24) is 25.1 Å². The first-order valence-corrected chi connectivity index (χ1v) is 9.33. The molecular weight excluding hydrogens is 322 g/mol. The minimum Gasteiger partial charge on any atom is -0.338 e. The Morgan fingerprint density at radius 2 is 2.25 bits per heavy atom. The molecule has 0 radical (unpaired) electrons. The van der Waals surface area contributed by atoms with Crippen LogP contribution in [0, 0.1) is 0 Å². The van der Waals surface area contributed by atoms with Gasteiger partial charge in [0.05, 0.1) is 11.8 Å².